The maximum atomic E-state index is 11.7. The van der Waals surface area contributed by atoms with Crippen molar-refractivity contribution < 1.29 is 4.79 Å². The summed E-state index contributed by atoms with van der Waals surface area (Å²) in [6.07, 6.45) is 6.24. The number of nitrogens with two attached hydrogens (primary N) is 1. The molecular weight excluding hydrogens is 236 g/mol. The Hall–Kier alpha value is -1.35. The first-order chi connectivity index (χ1) is 9.20. The molecule has 0 spiro atoms. The molecule has 104 valence electrons. The summed E-state index contributed by atoms with van der Waals surface area (Å²) in [6, 6.07) is 6.73. The average molecular weight is 260 g/mol. The number of carbonyl (C=O) groups excluding carboxylic acids is 1. The van der Waals surface area contributed by atoms with E-state index in [2.05, 4.69) is 23.5 Å². The maximum Gasteiger partial charge on any atom is 0.220 e. The third-order valence-corrected chi connectivity index (χ3v) is 3.86. The van der Waals surface area contributed by atoms with Gasteiger partial charge >= 0.3 is 0 Å². The van der Waals surface area contributed by atoms with Gasteiger partial charge in [-0.15, -0.1) is 0 Å². The first-order valence-electron chi connectivity index (χ1n) is 7.32. The van der Waals surface area contributed by atoms with E-state index in [-0.39, 0.29) is 11.9 Å². The van der Waals surface area contributed by atoms with Gasteiger partial charge in [-0.05, 0) is 62.3 Å². The zero-order valence-electron chi connectivity index (χ0n) is 11.7. The second-order valence-electron chi connectivity index (χ2n) is 5.42. The van der Waals surface area contributed by atoms with Gasteiger partial charge in [-0.3, -0.25) is 4.79 Å². The Morgan fingerprint density at radius 1 is 1.32 bits per heavy atom. The number of hydrogen-bond acceptors (Lipinski definition) is 2. The Labute approximate surface area is 115 Å². The molecule has 0 radical (unpaired) electrons. The molecule has 0 saturated carbocycles. The van der Waals surface area contributed by atoms with E-state index in [9.17, 15) is 4.79 Å². The Morgan fingerprint density at radius 3 is 2.79 bits per heavy atom. The second-order valence-corrected chi connectivity index (χ2v) is 5.42. The van der Waals surface area contributed by atoms with Crippen LogP contribution in [-0.4, -0.2) is 12.5 Å². The van der Waals surface area contributed by atoms with Gasteiger partial charge < -0.3 is 11.1 Å². The van der Waals surface area contributed by atoms with E-state index >= 15 is 0 Å². The van der Waals surface area contributed by atoms with Crippen molar-refractivity contribution in [2.24, 2.45) is 5.73 Å². The van der Waals surface area contributed by atoms with Crippen LogP contribution in [0.25, 0.3) is 0 Å². The van der Waals surface area contributed by atoms with Crippen molar-refractivity contribution in [1.82, 2.24) is 5.32 Å². The lowest BCUT2D eigenvalue weighted by Gasteiger charge is -2.20. The highest BCUT2D eigenvalue weighted by Crippen LogP contribution is 2.24. The van der Waals surface area contributed by atoms with Gasteiger partial charge in [-0.2, -0.15) is 0 Å². The summed E-state index contributed by atoms with van der Waals surface area (Å²) in [5, 5.41) is 3.04. The topological polar surface area (TPSA) is 55.1 Å². The Balaban J connectivity index is 1.99. The third kappa shape index (κ3) is 3.80. The number of fused-ring (bicyclic) bond motifs is 1. The van der Waals surface area contributed by atoms with Crippen LogP contribution >= 0.6 is 0 Å². The van der Waals surface area contributed by atoms with Crippen LogP contribution in [0.3, 0.4) is 0 Å². The highest BCUT2D eigenvalue weighted by atomic mass is 16.1. The summed E-state index contributed by atoms with van der Waals surface area (Å²) in [5.41, 5.74) is 9.57. The van der Waals surface area contributed by atoms with Gasteiger partial charge in [0.15, 0.2) is 0 Å². The Morgan fingerprint density at radius 2 is 2.05 bits per heavy atom. The number of nitrogens with one attached hydrogen (secondary N) is 1. The number of amides is 1. The van der Waals surface area contributed by atoms with Crippen LogP contribution < -0.4 is 11.1 Å². The lowest BCUT2D eigenvalue weighted by molar-refractivity contribution is -0.121. The molecule has 0 aromatic heterocycles. The summed E-state index contributed by atoms with van der Waals surface area (Å²) >= 11 is 0. The van der Waals surface area contributed by atoms with Crippen LogP contribution in [0.5, 0.6) is 0 Å². The van der Waals surface area contributed by atoms with Crippen molar-refractivity contribution in [1.29, 1.82) is 0 Å². The van der Waals surface area contributed by atoms with Crippen molar-refractivity contribution in [3.05, 3.63) is 34.9 Å². The number of rotatable bonds is 5. The summed E-state index contributed by atoms with van der Waals surface area (Å²) in [7, 11) is 0. The van der Waals surface area contributed by atoms with Gasteiger partial charge in [0, 0.05) is 6.42 Å². The lowest BCUT2D eigenvalue weighted by Crippen LogP contribution is -2.27. The Bertz CT molecular complexity index is 442. The SMILES string of the molecule is CC(NC(=O)CCCN)c1ccc2c(c1)CCCC2. The fraction of sp³-hybridized carbons (Fsp3) is 0.562. The molecule has 0 aliphatic heterocycles. The molecule has 0 bridgehead atoms. The van der Waals surface area contributed by atoms with E-state index in [1.807, 2.05) is 6.92 Å². The molecule has 1 aromatic carbocycles. The molecule has 3 nitrogen and oxygen atoms in total. The predicted molar refractivity (Wildman–Crippen MR) is 77.9 cm³/mol. The van der Waals surface area contributed by atoms with Gasteiger partial charge in [0.05, 0.1) is 6.04 Å². The fourth-order valence-electron chi connectivity index (χ4n) is 2.68. The standard InChI is InChI=1S/C16H24N2O/c1-12(18-16(19)7-4-10-17)14-9-8-13-5-2-3-6-15(13)11-14/h8-9,11-12H,2-7,10,17H2,1H3,(H,18,19). The minimum atomic E-state index is 0.0810. The monoisotopic (exact) mass is 260 g/mol. The van der Waals surface area contributed by atoms with Crippen molar-refractivity contribution in [3.63, 3.8) is 0 Å². The quantitative estimate of drug-likeness (QED) is 0.854. The molecule has 1 aliphatic rings. The van der Waals surface area contributed by atoms with Crippen molar-refractivity contribution in [2.75, 3.05) is 6.54 Å². The van der Waals surface area contributed by atoms with E-state index in [0.29, 0.717) is 13.0 Å². The molecule has 0 saturated heterocycles. The Kier molecular flexibility index (Phi) is 4.97. The molecule has 1 atom stereocenters. The van der Waals surface area contributed by atoms with E-state index in [1.165, 1.54) is 42.4 Å². The fourth-order valence-corrected chi connectivity index (χ4v) is 2.68. The highest BCUT2D eigenvalue weighted by Gasteiger charge is 2.13. The van der Waals surface area contributed by atoms with Crippen LogP contribution in [0.2, 0.25) is 0 Å². The highest BCUT2D eigenvalue weighted by molar-refractivity contribution is 5.76. The van der Waals surface area contributed by atoms with Crippen molar-refractivity contribution in [3.8, 4) is 0 Å². The minimum absolute atomic E-state index is 0.0810. The predicted octanol–water partition coefficient (Wildman–Crippen LogP) is 2.48. The molecule has 1 unspecified atom stereocenters. The first-order valence-corrected chi connectivity index (χ1v) is 7.32. The number of hydrogen-bond donors (Lipinski definition) is 2. The maximum absolute atomic E-state index is 11.7. The smallest absolute Gasteiger partial charge is 0.220 e. The van der Waals surface area contributed by atoms with E-state index in [0.717, 1.165) is 6.42 Å². The van der Waals surface area contributed by atoms with E-state index in [1.54, 1.807) is 0 Å². The molecular formula is C16H24N2O. The minimum Gasteiger partial charge on any atom is -0.350 e. The van der Waals surface area contributed by atoms with Gasteiger partial charge in [0.2, 0.25) is 5.91 Å². The average Bonchev–Trinajstić information content (AvgIpc) is 2.44. The van der Waals surface area contributed by atoms with Gasteiger partial charge in [0.25, 0.3) is 0 Å². The molecule has 1 aliphatic carbocycles. The summed E-state index contributed by atoms with van der Waals surface area (Å²) in [6.45, 7) is 2.62. The van der Waals surface area contributed by atoms with Crippen LogP contribution in [0.4, 0.5) is 0 Å². The summed E-state index contributed by atoms with van der Waals surface area (Å²) in [5.74, 6) is 0.0932. The largest absolute Gasteiger partial charge is 0.350 e. The molecule has 0 fully saturated rings. The molecule has 19 heavy (non-hydrogen) atoms. The second kappa shape index (κ2) is 6.71. The first kappa shape index (κ1) is 14.1. The number of aryl methyl sites for hydroxylation is 2. The van der Waals surface area contributed by atoms with E-state index < -0.39 is 0 Å². The lowest BCUT2D eigenvalue weighted by atomic mass is 9.89. The van der Waals surface area contributed by atoms with Gasteiger partial charge in [-0.1, -0.05) is 18.2 Å². The third-order valence-electron chi connectivity index (χ3n) is 3.86. The number of carbonyl (C=O) groups is 1. The van der Waals surface area contributed by atoms with Crippen LogP contribution in [0.1, 0.15) is 55.3 Å². The van der Waals surface area contributed by atoms with Crippen LogP contribution in [0, 0.1) is 0 Å². The molecule has 1 aromatic rings. The van der Waals surface area contributed by atoms with Crippen molar-refractivity contribution in [2.45, 2.75) is 51.5 Å². The van der Waals surface area contributed by atoms with Gasteiger partial charge in [0.1, 0.15) is 0 Å². The molecule has 1 amide bonds. The number of benzene rings is 1. The zero-order valence-corrected chi connectivity index (χ0v) is 11.7. The molecule has 3 heteroatoms. The van der Waals surface area contributed by atoms with Gasteiger partial charge in [-0.25, -0.2) is 0 Å². The summed E-state index contributed by atoms with van der Waals surface area (Å²) in [4.78, 5) is 11.7. The van der Waals surface area contributed by atoms with Crippen molar-refractivity contribution >= 4 is 5.91 Å². The zero-order chi connectivity index (χ0) is 13.7. The molecule has 3 N–H and O–H groups in total. The summed E-state index contributed by atoms with van der Waals surface area (Å²) < 4.78 is 0. The van der Waals surface area contributed by atoms with E-state index in [4.69, 9.17) is 5.73 Å². The van der Waals surface area contributed by atoms with Crippen LogP contribution in [0.15, 0.2) is 18.2 Å². The van der Waals surface area contributed by atoms with Crippen LogP contribution in [-0.2, 0) is 17.6 Å². The molecule has 0 heterocycles. The molecule has 2 rings (SSSR count). The normalized spacial score (nSPS) is 15.7.